The predicted molar refractivity (Wildman–Crippen MR) is 92.8 cm³/mol. The van der Waals surface area contributed by atoms with Crippen LogP contribution >= 0.6 is 0 Å². The van der Waals surface area contributed by atoms with Gasteiger partial charge in [-0.25, -0.2) is 4.98 Å². The fourth-order valence-corrected chi connectivity index (χ4v) is 5.30. The molecular weight excluding hydrogens is 282 g/mol. The summed E-state index contributed by atoms with van der Waals surface area (Å²) < 4.78 is 0. The first-order valence-electron chi connectivity index (χ1n) is 8.64. The molecule has 0 amide bonds. The molecule has 120 valence electrons. The van der Waals surface area contributed by atoms with Crippen LogP contribution in [0, 0.1) is 16.7 Å². The number of hydrogen-bond acceptors (Lipinski definition) is 2. The molecule has 0 spiro atoms. The zero-order valence-corrected chi connectivity index (χ0v) is 14.2. The van der Waals surface area contributed by atoms with Gasteiger partial charge in [-0.3, -0.25) is 0 Å². The Morgan fingerprint density at radius 2 is 1.74 bits per heavy atom. The third-order valence-corrected chi connectivity index (χ3v) is 6.76. The topological polar surface area (TPSA) is 33.1 Å². The molecule has 2 heteroatoms. The molecule has 2 aliphatic carbocycles. The molecule has 23 heavy (non-hydrogen) atoms. The summed E-state index contributed by atoms with van der Waals surface area (Å²) in [4.78, 5) is 4.91. The van der Waals surface area contributed by atoms with Crippen LogP contribution < -0.4 is 0 Å². The van der Waals surface area contributed by atoms with E-state index in [4.69, 9.17) is 4.98 Å². The fourth-order valence-electron chi connectivity index (χ4n) is 5.30. The average Bonchev–Trinajstić information content (AvgIpc) is 3.04. The summed E-state index contributed by atoms with van der Waals surface area (Å²) in [7, 11) is 0. The summed E-state index contributed by atoms with van der Waals surface area (Å²) in [6.07, 6.45) is 3.42. The van der Waals surface area contributed by atoms with Gasteiger partial charge in [0.25, 0.3) is 0 Å². The molecule has 0 saturated heterocycles. The summed E-state index contributed by atoms with van der Waals surface area (Å²) in [5.74, 6) is 0.583. The van der Waals surface area contributed by atoms with Crippen LogP contribution in [0.25, 0.3) is 11.3 Å². The third kappa shape index (κ3) is 1.82. The first-order valence-corrected chi connectivity index (χ1v) is 8.64. The second-order valence-corrected chi connectivity index (χ2v) is 8.21. The lowest BCUT2D eigenvalue weighted by atomic mass is 9.59. The van der Waals surface area contributed by atoms with Gasteiger partial charge in [0.1, 0.15) is 5.60 Å². The van der Waals surface area contributed by atoms with E-state index in [9.17, 15) is 5.11 Å². The van der Waals surface area contributed by atoms with Crippen LogP contribution in [0.5, 0.6) is 0 Å². The monoisotopic (exact) mass is 307 g/mol. The average molecular weight is 307 g/mol. The Hall–Kier alpha value is -1.67. The Bertz CT molecular complexity index is 732. The Kier molecular flexibility index (Phi) is 3.02. The Morgan fingerprint density at radius 1 is 1.00 bits per heavy atom. The van der Waals surface area contributed by atoms with Gasteiger partial charge >= 0.3 is 0 Å². The van der Waals surface area contributed by atoms with Crippen molar-refractivity contribution in [1.82, 2.24) is 4.98 Å². The number of aromatic nitrogens is 1. The van der Waals surface area contributed by atoms with Crippen molar-refractivity contribution in [1.29, 1.82) is 0 Å². The Morgan fingerprint density at radius 3 is 2.39 bits per heavy atom. The van der Waals surface area contributed by atoms with Gasteiger partial charge in [-0.2, -0.15) is 0 Å². The van der Waals surface area contributed by atoms with E-state index in [1.807, 2.05) is 36.4 Å². The van der Waals surface area contributed by atoms with E-state index >= 15 is 0 Å². The number of fused-ring (bicyclic) bond motifs is 2. The normalized spacial score (nSPS) is 34.7. The zero-order chi connectivity index (χ0) is 16.3. The van der Waals surface area contributed by atoms with Crippen molar-refractivity contribution < 1.29 is 5.11 Å². The molecule has 2 aliphatic rings. The first kappa shape index (κ1) is 14.9. The van der Waals surface area contributed by atoms with Gasteiger partial charge in [-0.05, 0) is 37.3 Å². The van der Waals surface area contributed by atoms with Crippen LogP contribution in [-0.2, 0) is 5.60 Å². The lowest BCUT2D eigenvalue weighted by Crippen LogP contribution is -2.51. The SMILES string of the molecule is CC12CCC(C1)C(C)(C)C2(O)c1cccc(-c2ccccc2)n1. The van der Waals surface area contributed by atoms with Crippen LogP contribution in [0.3, 0.4) is 0 Å². The zero-order valence-electron chi connectivity index (χ0n) is 14.2. The molecule has 3 unspecified atom stereocenters. The van der Waals surface area contributed by atoms with Gasteiger partial charge in [0.2, 0.25) is 0 Å². The summed E-state index contributed by atoms with van der Waals surface area (Å²) >= 11 is 0. The van der Waals surface area contributed by atoms with Crippen molar-refractivity contribution in [3.05, 3.63) is 54.2 Å². The molecule has 1 aromatic heterocycles. The summed E-state index contributed by atoms with van der Waals surface area (Å²) in [5, 5.41) is 11.8. The highest BCUT2D eigenvalue weighted by molar-refractivity contribution is 5.59. The quantitative estimate of drug-likeness (QED) is 0.866. The number of rotatable bonds is 2. The van der Waals surface area contributed by atoms with Crippen LogP contribution in [0.4, 0.5) is 0 Å². The molecule has 2 saturated carbocycles. The second-order valence-electron chi connectivity index (χ2n) is 8.21. The molecule has 2 aromatic rings. The maximum atomic E-state index is 11.8. The first-order chi connectivity index (χ1) is 10.9. The Balaban J connectivity index is 1.85. The number of nitrogens with zero attached hydrogens (tertiary/aromatic N) is 1. The maximum absolute atomic E-state index is 11.8. The molecule has 1 heterocycles. The van der Waals surface area contributed by atoms with E-state index in [0.29, 0.717) is 5.92 Å². The molecule has 4 rings (SSSR count). The van der Waals surface area contributed by atoms with Gasteiger partial charge in [0.15, 0.2) is 0 Å². The lowest BCUT2D eigenvalue weighted by molar-refractivity contribution is -0.153. The predicted octanol–water partition coefficient (Wildman–Crippen LogP) is 4.78. The van der Waals surface area contributed by atoms with Crippen molar-refractivity contribution in [3.63, 3.8) is 0 Å². The molecule has 2 nitrogen and oxygen atoms in total. The molecule has 3 atom stereocenters. The van der Waals surface area contributed by atoms with Crippen LogP contribution in [0.2, 0.25) is 0 Å². The smallest absolute Gasteiger partial charge is 0.117 e. The van der Waals surface area contributed by atoms with Gasteiger partial charge < -0.3 is 5.11 Å². The van der Waals surface area contributed by atoms with E-state index in [0.717, 1.165) is 29.8 Å². The van der Waals surface area contributed by atoms with Crippen molar-refractivity contribution in [2.75, 3.05) is 0 Å². The minimum atomic E-state index is -0.853. The van der Waals surface area contributed by atoms with Crippen LogP contribution in [0.1, 0.15) is 45.7 Å². The summed E-state index contributed by atoms with van der Waals surface area (Å²) in [6, 6.07) is 16.3. The highest BCUT2D eigenvalue weighted by Crippen LogP contribution is 2.71. The van der Waals surface area contributed by atoms with E-state index < -0.39 is 5.60 Å². The van der Waals surface area contributed by atoms with E-state index in [1.54, 1.807) is 0 Å². The van der Waals surface area contributed by atoms with Gasteiger partial charge in [0.05, 0.1) is 11.4 Å². The summed E-state index contributed by atoms with van der Waals surface area (Å²) in [6.45, 7) is 6.69. The van der Waals surface area contributed by atoms with E-state index in [1.165, 1.54) is 6.42 Å². The van der Waals surface area contributed by atoms with Crippen molar-refractivity contribution in [2.24, 2.45) is 16.7 Å². The minimum absolute atomic E-state index is 0.0660. The number of hydrogen-bond donors (Lipinski definition) is 1. The van der Waals surface area contributed by atoms with Crippen LogP contribution in [-0.4, -0.2) is 10.1 Å². The highest BCUT2D eigenvalue weighted by atomic mass is 16.3. The number of benzene rings is 1. The standard InChI is InChI=1S/C21H25NO/c1-19(2)16-12-13-20(3,14-16)21(19,23)18-11-7-10-17(22-18)15-8-5-4-6-9-15/h4-11,16,23H,12-14H2,1-3H3. The second kappa shape index (κ2) is 4.67. The number of pyridine rings is 1. The fraction of sp³-hybridized carbons (Fsp3) is 0.476. The molecule has 1 aromatic carbocycles. The minimum Gasteiger partial charge on any atom is -0.382 e. The number of aliphatic hydroxyl groups is 1. The van der Waals surface area contributed by atoms with Crippen molar-refractivity contribution in [2.45, 2.75) is 45.6 Å². The molecule has 2 fully saturated rings. The van der Waals surface area contributed by atoms with E-state index in [2.05, 4.69) is 32.9 Å². The van der Waals surface area contributed by atoms with Gasteiger partial charge in [0, 0.05) is 16.4 Å². The molecular formula is C21H25NO. The molecule has 2 bridgehead atoms. The van der Waals surface area contributed by atoms with Crippen LogP contribution in [0.15, 0.2) is 48.5 Å². The largest absolute Gasteiger partial charge is 0.382 e. The molecule has 0 radical (unpaired) electrons. The highest BCUT2D eigenvalue weighted by Gasteiger charge is 2.69. The molecule has 1 N–H and O–H groups in total. The lowest BCUT2D eigenvalue weighted by Gasteiger charge is -2.50. The van der Waals surface area contributed by atoms with Crippen molar-refractivity contribution in [3.8, 4) is 11.3 Å². The summed E-state index contributed by atoms with van der Waals surface area (Å²) in [5.41, 5.74) is 1.83. The maximum Gasteiger partial charge on any atom is 0.117 e. The van der Waals surface area contributed by atoms with Crippen molar-refractivity contribution >= 4 is 0 Å². The van der Waals surface area contributed by atoms with E-state index in [-0.39, 0.29) is 10.8 Å². The third-order valence-electron chi connectivity index (χ3n) is 6.76. The Labute approximate surface area is 138 Å². The van der Waals surface area contributed by atoms with Gasteiger partial charge in [-0.1, -0.05) is 57.2 Å². The molecule has 0 aliphatic heterocycles. The van der Waals surface area contributed by atoms with Gasteiger partial charge in [-0.15, -0.1) is 0 Å².